The average molecular weight is 455 g/mol. The number of aryl methyl sites for hydroxylation is 1. The number of aromatic nitrogens is 2. The molecule has 0 aliphatic carbocycles. The molecule has 1 aliphatic heterocycles. The first kappa shape index (κ1) is 21.7. The summed E-state index contributed by atoms with van der Waals surface area (Å²) in [5, 5.41) is 2.92. The zero-order valence-corrected chi connectivity index (χ0v) is 19.2. The van der Waals surface area contributed by atoms with Crippen molar-refractivity contribution in [2.24, 2.45) is 0 Å². The molecule has 0 fully saturated rings. The lowest BCUT2D eigenvalue weighted by atomic mass is 10.1. The maximum Gasteiger partial charge on any atom is 0.253 e. The number of benzene rings is 3. The number of hydrogen-bond acceptors (Lipinski definition) is 4. The van der Waals surface area contributed by atoms with E-state index in [2.05, 4.69) is 5.32 Å². The number of imidazole rings is 1. The molecule has 0 saturated carbocycles. The second kappa shape index (κ2) is 9.02. The van der Waals surface area contributed by atoms with Gasteiger partial charge in [0.05, 0.1) is 24.6 Å². The van der Waals surface area contributed by atoms with E-state index < -0.39 is 6.04 Å². The van der Waals surface area contributed by atoms with Crippen LogP contribution >= 0.6 is 0 Å². The number of hydrogen-bond donors (Lipinski definition) is 1. The van der Waals surface area contributed by atoms with E-state index in [9.17, 15) is 9.59 Å². The Balaban J connectivity index is 1.39. The monoisotopic (exact) mass is 454 g/mol. The van der Waals surface area contributed by atoms with Crippen LogP contribution in [-0.2, 0) is 16.0 Å². The van der Waals surface area contributed by atoms with Crippen molar-refractivity contribution in [2.45, 2.75) is 25.8 Å². The molecule has 0 bridgehead atoms. The molecule has 7 heteroatoms. The third-order valence-corrected chi connectivity index (χ3v) is 6.18. The molecule has 2 heterocycles. The molecule has 0 radical (unpaired) electrons. The molecule has 3 aromatic carbocycles. The highest BCUT2D eigenvalue weighted by Gasteiger charge is 2.40. The van der Waals surface area contributed by atoms with Crippen molar-refractivity contribution in [3.8, 4) is 5.75 Å². The van der Waals surface area contributed by atoms with Gasteiger partial charge < -0.3 is 10.1 Å². The summed E-state index contributed by atoms with van der Waals surface area (Å²) in [4.78, 5) is 32.8. The quantitative estimate of drug-likeness (QED) is 0.446. The molecule has 172 valence electrons. The van der Waals surface area contributed by atoms with Crippen LogP contribution in [0.5, 0.6) is 5.75 Å². The minimum Gasteiger partial charge on any atom is -0.497 e. The minimum absolute atomic E-state index is 0.0408. The summed E-state index contributed by atoms with van der Waals surface area (Å²) in [5.41, 5.74) is 4.59. The molecule has 7 nitrogen and oxygen atoms in total. The van der Waals surface area contributed by atoms with Gasteiger partial charge in [0.2, 0.25) is 11.9 Å². The molecule has 1 unspecified atom stereocenters. The molecule has 2 amide bonds. The van der Waals surface area contributed by atoms with Gasteiger partial charge in [-0.3, -0.25) is 19.1 Å². The minimum atomic E-state index is -0.635. The number of nitrogens with one attached hydrogen (secondary N) is 1. The number of carbonyl (C=O) groups is 2. The Morgan fingerprint density at radius 3 is 2.50 bits per heavy atom. The lowest BCUT2D eigenvalue weighted by Crippen LogP contribution is -2.33. The fraction of sp³-hybridized carbons (Fsp3) is 0.222. The molecular weight excluding hydrogens is 428 g/mol. The van der Waals surface area contributed by atoms with Gasteiger partial charge in [-0.15, -0.1) is 0 Å². The zero-order valence-electron chi connectivity index (χ0n) is 19.2. The van der Waals surface area contributed by atoms with Gasteiger partial charge in [0, 0.05) is 12.2 Å². The number of anilines is 2. The van der Waals surface area contributed by atoms with Gasteiger partial charge in [-0.2, -0.15) is 0 Å². The van der Waals surface area contributed by atoms with Gasteiger partial charge in [0.15, 0.2) is 0 Å². The van der Waals surface area contributed by atoms with Gasteiger partial charge in [-0.05, 0) is 55.3 Å². The molecule has 1 aromatic heterocycles. The molecule has 5 rings (SSSR count). The normalized spacial score (nSPS) is 14.9. The van der Waals surface area contributed by atoms with Crippen LogP contribution in [0.25, 0.3) is 11.0 Å². The first-order valence-corrected chi connectivity index (χ1v) is 11.3. The number of fused-ring (bicyclic) bond motifs is 3. The van der Waals surface area contributed by atoms with Crippen molar-refractivity contribution in [2.75, 3.05) is 23.9 Å². The van der Waals surface area contributed by atoms with Crippen LogP contribution in [-0.4, -0.2) is 35.0 Å². The molecular formula is C27H26N4O3. The zero-order chi connectivity index (χ0) is 23.7. The number of para-hydroxylation sites is 2. The highest BCUT2D eigenvalue weighted by Crippen LogP contribution is 2.36. The first-order valence-electron chi connectivity index (χ1n) is 11.3. The average Bonchev–Trinajstić information content (AvgIpc) is 3.34. The largest absolute Gasteiger partial charge is 0.497 e. The molecule has 0 spiro atoms. The summed E-state index contributed by atoms with van der Waals surface area (Å²) in [6.07, 6.45) is 0.709. The van der Waals surface area contributed by atoms with Crippen molar-refractivity contribution >= 4 is 34.5 Å². The lowest BCUT2D eigenvalue weighted by molar-refractivity contribution is -0.124. The SMILES string of the molecule is COc1ccc(CCN2C(=O)C(CC(=O)Nc3ccc(C)cc3)n3c2nc2ccccc23)cc1. The van der Waals surface area contributed by atoms with Crippen LogP contribution in [0.3, 0.4) is 0 Å². The Bertz CT molecular complexity index is 1340. The number of nitrogens with zero attached hydrogens (tertiary/aromatic N) is 3. The highest BCUT2D eigenvalue weighted by atomic mass is 16.5. The second-order valence-electron chi connectivity index (χ2n) is 8.49. The number of rotatable bonds is 7. The fourth-order valence-electron chi connectivity index (χ4n) is 4.36. The van der Waals surface area contributed by atoms with Gasteiger partial charge in [-0.25, -0.2) is 4.98 Å². The van der Waals surface area contributed by atoms with E-state index in [0.29, 0.717) is 24.6 Å². The van der Waals surface area contributed by atoms with Gasteiger partial charge in [0.25, 0.3) is 5.91 Å². The Labute approximate surface area is 198 Å². The summed E-state index contributed by atoms with van der Waals surface area (Å²) in [6.45, 7) is 2.47. The van der Waals surface area contributed by atoms with E-state index in [0.717, 1.165) is 27.9 Å². The maximum atomic E-state index is 13.5. The predicted molar refractivity (Wildman–Crippen MR) is 132 cm³/mol. The van der Waals surface area contributed by atoms with E-state index in [4.69, 9.17) is 9.72 Å². The van der Waals surface area contributed by atoms with Gasteiger partial charge >= 0.3 is 0 Å². The van der Waals surface area contributed by atoms with E-state index in [1.807, 2.05) is 84.3 Å². The van der Waals surface area contributed by atoms with Crippen LogP contribution in [0.1, 0.15) is 23.6 Å². The number of amides is 2. The van der Waals surface area contributed by atoms with Crippen LogP contribution in [0.2, 0.25) is 0 Å². The molecule has 1 atom stereocenters. The third-order valence-electron chi connectivity index (χ3n) is 6.18. The van der Waals surface area contributed by atoms with Crippen LogP contribution in [0, 0.1) is 6.92 Å². The first-order chi connectivity index (χ1) is 16.5. The summed E-state index contributed by atoms with van der Waals surface area (Å²) < 4.78 is 7.13. The Morgan fingerprint density at radius 1 is 1.03 bits per heavy atom. The van der Waals surface area contributed by atoms with E-state index in [-0.39, 0.29) is 18.2 Å². The lowest BCUT2D eigenvalue weighted by Gasteiger charge is -2.16. The van der Waals surface area contributed by atoms with E-state index in [1.54, 1.807) is 12.0 Å². The smallest absolute Gasteiger partial charge is 0.253 e. The van der Waals surface area contributed by atoms with E-state index >= 15 is 0 Å². The van der Waals surface area contributed by atoms with Crippen molar-refractivity contribution in [1.82, 2.24) is 9.55 Å². The van der Waals surface area contributed by atoms with E-state index in [1.165, 1.54) is 0 Å². The predicted octanol–water partition coefficient (Wildman–Crippen LogP) is 4.51. The van der Waals surface area contributed by atoms with Crippen LogP contribution in [0.15, 0.2) is 72.8 Å². The number of ether oxygens (including phenoxy) is 1. The van der Waals surface area contributed by atoms with Crippen LogP contribution < -0.4 is 15.0 Å². The Hall–Kier alpha value is -4.13. The maximum absolute atomic E-state index is 13.5. The van der Waals surface area contributed by atoms with Crippen molar-refractivity contribution in [3.63, 3.8) is 0 Å². The second-order valence-corrected chi connectivity index (χ2v) is 8.49. The van der Waals surface area contributed by atoms with Crippen molar-refractivity contribution in [1.29, 1.82) is 0 Å². The van der Waals surface area contributed by atoms with Crippen molar-refractivity contribution in [3.05, 3.63) is 83.9 Å². The topological polar surface area (TPSA) is 76.5 Å². The highest BCUT2D eigenvalue weighted by molar-refractivity contribution is 6.05. The summed E-state index contributed by atoms with van der Waals surface area (Å²) in [7, 11) is 1.64. The van der Waals surface area contributed by atoms with Gasteiger partial charge in [-0.1, -0.05) is 42.0 Å². The van der Waals surface area contributed by atoms with Crippen LogP contribution in [0.4, 0.5) is 11.6 Å². The summed E-state index contributed by atoms with van der Waals surface area (Å²) in [5.74, 6) is 1.07. The fourth-order valence-corrected chi connectivity index (χ4v) is 4.36. The standard InChI is InChI=1S/C27H26N4O3/c1-18-7-11-20(12-8-18)28-25(32)17-24-26(33)30(16-15-19-9-13-21(34-2)14-10-19)27-29-22-5-3-4-6-23(22)31(24)27/h3-14,24H,15-17H2,1-2H3,(H,28,32). The Kier molecular flexibility index (Phi) is 5.76. The molecule has 0 saturated heterocycles. The molecule has 1 N–H and O–H groups in total. The molecule has 4 aromatic rings. The Morgan fingerprint density at radius 2 is 1.76 bits per heavy atom. The number of methoxy groups -OCH3 is 1. The molecule has 1 aliphatic rings. The van der Waals surface area contributed by atoms with Crippen molar-refractivity contribution < 1.29 is 14.3 Å². The number of carbonyl (C=O) groups excluding carboxylic acids is 2. The molecule has 34 heavy (non-hydrogen) atoms. The van der Waals surface area contributed by atoms with Gasteiger partial charge in [0.1, 0.15) is 11.8 Å². The third kappa shape index (κ3) is 4.12. The summed E-state index contributed by atoms with van der Waals surface area (Å²) >= 11 is 0. The summed E-state index contributed by atoms with van der Waals surface area (Å²) in [6, 6.07) is 22.5.